The number of nitrogens with one attached hydrogen (secondary N) is 1. The van der Waals surface area contributed by atoms with Crippen LogP contribution >= 0.6 is 22.9 Å². The molecule has 1 atom stereocenters. The molecule has 0 spiro atoms. The van der Waals surface area contributed by atoms with Crippen LogP contribution in [-0.2, 0) is 0 Å². The van der Waals surface area contributed by atoms with Crippen molar-refractivity contribution in [2.75, 3.05) is 13.1 Å². The van der Waals surface area contributed by atoms with Crippen LogP contribution in [0.1, 0.15) is 41.9 Å². The average Bonchev–Trinajstić information content (AvgIpc) is 3.00. The summed E-state index contributed by atoms with van der Waals surface area (Å²) in [7, 11) is 0. The van der Waals surface area contributed by atoms with Crippen LogP contribution in [0.15, 0.2) is 12.1 Å². The predicted molar refractivity (Wildman–Crippen MR) is 101 cm³/mol. The highest BCUT2D eigenvalue weighted by Crippen LogP contribution is 2.40. The highest BCUT2D eigenvalue weighted by molar-refractivity contribution is 7.21. The first-order valence-corrected chi connectivity index (χ1v) is 9.92. The summed E-state index contributed by atoms with van der Waals surface area (Å²) >= 11 is 7.61. The SMILES string of the molecule is Cc1c(F)cc2cc(C(=O)NC3C4CCN(CC4)C3(C)C)sc2c1Cl. The van der Waals surface area contributed by atoms with Crippen LogP contribution in [0.5, 0.6) is 0 Å². The Morgan fingerprint density at radius 2 is 2.04 bits per heavy atom. The van der Waals surface area contributed by atoms with Gasteiger partial charge in [0.15, 0.2) is 0 Å². The molecule has 5 rings (SSSR count). The van der Waals surface area contributed by atoms with E-state index in [4.69, 9.17) is 11.6 Å². The fourth-order valence-corrected chi connectivity index (χ4v) is 5.76. The minimum Gasteiger partial charge on any atom is -0.346 e. The molecule has 0 saturated carbocycles. The monoisotopic (exact) mass is 380 g/mol. The number of halogens is 2. The van der Waals surface area contributed by atoms with E-state index in [1.165, 1.54) is 17.4 Å². The number of amides is 1. The van der Waals surface area contributed by atoms with Crippen LogP contribution in [0.2, 0.25) is 5.02 Å². The zero-order valence-corrected chi connectivity index (χ0v) is 16.2. The van der Waals surface area contributed by atoms with E-state index in [1.807, 2.05) is 0 Å². The Kier molecular flexibility index (Phi) is 4.09. The molecule has 3 fully saturated rings. The second-order valence-corrected chi connectivity index (χ2v) is 9.19. The Morgan fingerprint density at radius 3 is 2.68 bits per heavy atom. The first-order valence-electron chi connectivity index (χ1n) is 8.73. The number of nitrogens with zero attached hydrogens (tertiary/aromatic N) is 1. The Balaban J connectivity index is 1.63. The molecular formula is C19H22ClFN2OS. The Morgan fingerprint density at radius 1 is 1.36 bits per heavy atom. The van der Waals surface area contributed by atoms with E-state index in [0.717, 1.165) is 30.6 Å². The molecule has 1 aromatic heterocycles. The topological polar surface area (TPSA) is 32.3 Å². The second-order valence-electron chi connectivity index (χ2n) is 7.76. The van der Waals surface area contributed by atoms with E-state index < -0.39 is 0 Å². The molecule has 134 valence electrons. The molecule has 3 nitrogen and oxygen atoms in total. The van der Waals surface area contributed by atoms with Gasteiger partial charge in [0.1, 0.15) is 5.82 Å². The molecule has 6 heteroatoms. The minimum absolute atomic E-state index is 0.0339. The van der Waals surface area contributed by atoms with Crippen LogP contribution in [0, 0.1) is 18.7 Å². The van der Waals surface area contributed by atoms with Gasteiger partial charge < -0.3 is 5.32 Å². The molecule has 1 aromatic carbocycles. The van der Waals surface area contributed by atoms with Gasteiger partial charge in [0, 0.05) is 17.1 Å². The summed E-state index contributed by atoms with van der Waals surface area (Å²) < 4.78 is 14.7. The molecule has 25 heavy (non-hydrogen) atoms. The number of thiophene rings is 1. The molecule has 0 aliphatic carbocycles. The fraction of sp³-hybridized carbons (Fsp3) is 0.526. The molecule has 1 amide bonds. The molecule has 3 saturated heterocycles. The molecule has 1 N–H and O–H groups in total. The number of fused-ring (bicyclic) bond motifs is 4. The highest BCUT2D eigenvalue weighted by atomic mass is 35.5. The number of carbonyl (C=O) groups is 1. The molecule has 2 bridgehead atoms. The first-order chi connectivity index (χ1) is 11.8. The van der Waals surface area contributed by atoms with Crippen LogP contribution in [-0.4, -0.2) is 35.5 Å². The third-order valence-electron chi connectivity index (χ3n) is 6.03. The van der Waals surface area contributed by atoms with Crippen molar-refractivity contribution in [2.45, 2.75) is 45.2 Å². The maximum atomic E-state index is 13.9. The van der Waals surface area contributed by atoms with E-state index in [0.29, 0.717) is 26.8 Å². The lowest BCUT2D eigenvalue weighted by Crippen LogP contribution is -2.69. The molecule has 0 radical (unpaired) electrons. The van der Waals surface area contributed by atoms with Gasteiger partial charge in [0.25, 0.3) is 5.91 Å². The lowest BCUT2D eigenvalue weighted by Gasteiger charge is -2.56. The van der Waals surface area contributed by atoms with Gasteiger partial charge in [0.05, 0.1) is 14.6 Å². The largest absolute Gasteiger partial charge is 0.346 e. The summed E-state index contributed by atoms with van der Waals surface area (Å²) in [5.74, 6) is 0.115. The molecule has 3 aliphatic heterocycles. The normalized spacial score (nSPS) is 27.6. The van der Waals surface area contributed by atoms with Crippen LogP contribution < -0.4 is 5.32 Å². The van der Waals surface area contributed by atoms with Crippen LogP contribution in [0.3, 0.4) is 0 Å². The third-order valence-corrected chi connectivity index (χ3v) is 7.78. The summed E-state index contributed by atoms with van der Waals surface area (Å²) in [6, 6.07) is 3.35. The van der Waals surface area contributed by atoms with Crippen molar-refractivity contribution in [3.8, 4) is 0 Å². The van der Waals surface area contributed by atoms with E-state index >= 15 is 0 Å². The number of hydrogen-bond donors (Lipinski definition) is 1. The third kappa shape index (κ3) is 2.68. The summed E-state index contributed by atoms with van der Waals surface area (Å²) in [5, 5.41) is 4.36. The van der Waals surface area contributed by atoms with Gasteiger partial charge in [-0.05, 0) is 70.1 Å². The van der Waals surface area contributed by atoms with E-state index in [1.54, 1.807) is 13.0 Å². The minimum atomic E-state index is -0.333. The Hall–Kier alpha value is -1.17. The van der Waals surface area contributed by atoms with Gasteiger partial charge in [-0.25, -0.2) is 4.39 Å². The molecular weight excluding hydrogens is 359 g/mol. The zero-order chi connectivity index (χ0) is 17.9. The van der Waals surface area contributed by atoms with Gasteiger partial charge in [-0.15, -0.1) is 11.3 Å². The number of rotatable bonds is 2. The van der Waals surface area contributed by atoms with Gasteiger partial charge in [0.2, 0.25) is 0 Å². The molecule has 1 unspecified atom stereocenters. The number of hydrogen-bond acceptors (Lipinski definition) is 3. The van der Waals surface area contributed by atoms with Crippen molar-refractivity contribution in [3.63, 3.8) is 0 Å². The Labute approximate surface area is 156 Å². The Bertz CT molecular complexity index is 855. The predicted octanol–water partition coefficient (Wildman–Crippen LogP) is 4.60. The van der Waals surface area contributed by atoms with Gasteiger partial charge >= 0.3 is 0 Å². The lowest BCUT2D eigenvalue weighted by atomic mass is 9.72. The molecule has 2 aromatic rings. The highest BCUT2D eigenvalue weighted by Gasteiger charge is 2.48. The molecule has 4 heterocycles. The van der Waals surface area contributed by atoms with Crippen LogP contribution in [0.25, 0.3) is 10.1 Å². The molecule has 3 aliphatic rings. The second kappa shape index (κ2) is 5.93. The average molecular weight is 381 g/mol. The number of benzene rings is 1. The van der Waals surface area contributed by atoms with Crippen molar-refractivity contribution in [1.82, 2.24) is 10.2 Å². The standard InChI is InChI=1S/C19H22ClFN2OS/c1-10-13(21)8-12-9-14(25-16(12)15(10)20)18(24)22-17-11-4-6-23(7-5-11)19(17,2)3/h8-9,11,17H,4-7H2,1-3H3,(H,22,24). The van der Waals surface area contributed by atoms with Crippen molar-refractivity contribution < 1.29 is 9.18 Å². The van der Waals surface area contributed by atoms with Crippen molar-refractivity contribution in [1.29, 1.82) is 0 Å². The van der Waals surface area contributed by atoms with Gasteiger partial charge in [-0.1, -0.05) is 11.6 Å². The quantitative estimate of drug-likeness (QED) is 0.825. The fourth-order valence-electron chi connectivity index (χ4n) is 4.41. The number of piperidine rings is 3. The lowest BCUT2D eigenvalue weighted by molar-refractivity contribution is -0.0377. The van der Waals surface area contributed by atoms with E-state index in [9.17, 15) is 9.18 Å². The summed E-state index contributed by atoms with van der Waals surface area (Å²) in [6.45, 7) is 8.31. The summed E-state index contributed by atoms with van der Waals surface area (Å²) in [4.78, 5) is 15.9. The van der Waals surface area contributed by atoms with Gasteiger partial charge in [-0.3, -0.25) is 9.69 Å². The zero-order valence-electron chi connectivity index (χ0n) is 14.7. The summed E-state index contributed by atoms with van der Waals surface area (Å²) in [5.41, 5.74) is 0.398. The van der Waals surface area contributed by atoms with E-state index in [2.05, 4.69) is 24.1 Å². The van der Waals surface area contributed by atoms with Crippen LogP contribution in [0.4, 0.5) is 4.39 Å². The van der Waals surface area contributed by atoms with Gasteiger partial charge in [-0.2, -0.15) is 0 Å². The van der Waals surface area contributed by atoms with Crippen molar-refractivity contribution in [2.24, 2.45) is 5.92 Å². The number of carbonyl (C=O) groups excluding carboxylic acids is 1. The smallest absolute Gasteiger partial charge is 0.261 e. The maximum Gasteiger partial charge on any atom is 0.261 e. The maximum absolute atomic E-state index is 13.9. The van der Waals surface area contributed by atoms with Crippen molar-refractivity contribution in [3.05, 3.63) is 33.4 Å². The summed E-state index contributed by atoms with van der Waals surface area (Å²) in [6.07, 6.45) is 2.27. The first kappa shape index (κ1) is 17.3. The van der Waals surface area contributed by atoms with E-state index in [-0.39, 0.29) is 23.3 Å². The van der Waals surface area contributed by atoms with Crippen molar-refractivity contribution >= 4 is 38.9 Å².